The van der Waals surface area contributed by atoms with E-state index in [1.165, 1.54) is 5.56 Å². The number of benzene rings is 2. The number of nitrogens with zero attached hydrogens (tertiary/aromatic N) is 1. The molecular weight excluding hydrogens is 390 g/mol. The number of fused-ring (bicyclic) bond motifs is 1. The minimum absolute atomic E-state index is 0.233. The summed E-state index contributed by atoms with van der Waals surface area (Å²) in [6.07, 6.45) is 10.0. The van der Waals surface area contributed by atoms with Crippen molar-refractivity contribution in [1.29, 1.82) is 0 Å². The molecule has 2 aliphatic rings. The second-order valence-corrected chi connectivity index (χ2v) is 7.81. The molecule has 0 aromatic heterocycles. The summed E-state index contributed by atoms with van der Waals surface area (Å²) in [4.78, 5) is 26.6. The van der Waals surface area contributed by atoms with Crippen LogP contribution in [0.25, 0.3) is 0 Å². The van der Waals surface area contributed by atoms with Crippen molar-refractivity contribution in [3.05, 3.63) is 88.4 Å². The van der Waals surface area contributed by atoms with Crippen molar-refractivity contribution in [3.63, 3.8) is 0 Å². The van der Waals surface area contributed by atoms with Crippen molar-refractivity contribution in [3.8, 4) is 0 Å². The molecule has 0 bridgehead atoms. The van der Waals surface area contributed by atoms with Gasteiger partial charge in [-0.05, 0) is 42.7 Å². The van der Waals surface area contributed by atoms with Crippen LogP contribution in [-0.2, 0) is 11.2 Å². The topological polar surface area (TPSA) is 37.4 Å². The molecule has 2 aromatic rings. The van der Waals surface area contributed by atoms with E-state index in [9.17, 15) is 9.59 Å². The van der Waals surface area contributed by atoms with Crippen LogP contribution in [0.4, 0.5) is 5.69 Å². The second kappa shape index (κ2) is 6.69. The normalized spacial score (nSPS) is 21.3. The lowest BCUT2D eigenvalue weighted by atomic mass is 9.76. The molecule has 1 aliphatic heterocycles. The summed E-state index contributed by atoms with van der Waals surface area (Å²) < 4.78 is 1.04. The summed E-state index contributed by atoms with van der Waals surface area (Å²) in [6, 6.07) is 15.5. The van der Waals surface area contributed by atoms with E-state index >= 15 is 0 Å². The van der Waals surface area contributed by atoms with Gasteiger partial charge in [-0.2, -0.15) is 0 Å². The van der Waals surface area contributed by atoms with Crippen molar-refractivity contribution in [1.82, 2.24) is 0 Å². The number of para-hydroxylation sites is 1. The zero-order chi connectivity index (χ0) is 18.1. The van der Waals surface area contributed by atoms with E-state index in [1.54, 1.807) is 17.0 Å². The quantitative estimate of drug-likeness (QED) is 0.687. The van der Waals surface area contributed by atoms with Gasteiger partial charge in [0, 0.05) is 16.4 Å². The number of allylic oxidation sites excluding steroid dienone is 3. The second-order valence-electron chi connectivity index (χ2n) is 6.90. The summed E-state index contributed by atoms with van der Waals surface area (Å²) >= 11 is 3.53. The fourth-order valence-corrected chi connectivity index (χ4v) is 4.23. The molecule has 1 unspecified atom stereocenters. The molecule has 4 heteroatoms. The largest absolute Gasteiger partial charge is 0.304 e. The number of anilines is 1. The summed E-state index contributed by atoms with van der Waals surface area (Å²) in [5.74, 6) is -0.837. The molecule has 0 radical (unpaired) electrons. The van der Waals surface area contributed by atoms with E-state index in [1.807, 2.05) is 36.4 Å². The Balaban J connectivity index is 1.68. The molecule has 26 heavy (non-hydrogen) atoms. The Morgan fingerprint density at radius 2 is 1.88 bits per heavy atom. The molecule has 0 fully saturated rings. The SMILES string of the molecule is O=C1C(=O)N(CC2(Cc3cccc(Br)c3)C=CC=CC2)c2ccccc21. The zero-order valence-electron chi connectivity index (χ0n) is 14.2. The van der Waals surface area contributed by atoms with Crippen LogP contribution in [0.2, 0.25) is 0 Å². The fourth-order valence-electron chi connectivity index (χ4n) is 3.79. The summed E-state index contributed by atoms with van der Waals surface area (Å²) in [5, 5.41) is 0. The molecule has 1 amide bonds. The summed E-state index contributed by atoms with van der Waals surface area (Å²) in [7, 11) is 0. The first-order valence-corrected chi connectivity index (χ1v) is 9.41. The van der Waals surface area contributed by atoms with Gasteiger partial charge < -0.3 is 4.90 Å². The van der Waals surface area contributed by atoms with Crippen LogP contribution < -0.4 is 4.90 Å². The minimum atomic E-state index is -0.428. The fraction of sp³-hybridized carbons (Fsp3) is 0.182. The smallest absolute Gasteiger partial charge is 0.299 e. The maximum atomic E-state index is 12.6. The number of amides is 1. The Hall–Kier alpha value is -2.46. The zero-order valence-corrected chi connectivity index (χ0v) is 15.8. The van der Waals surface area contributed by atoms with E-state index in [0.29, 0.717) is 12.1 Å². The molecule has 0 N–H and O–H groups in total. The number of hydrogen-bond acceptors (Lipinski definition) is 2. The highest BCUT2D eigenvalue weighted by Gasteiger charge is 2.40. The number of rotatable bonds is 4. The highest BCUT2D eigenvalue weighted by molar-refractivity contribution is 9.10. The van der Waals surface area contributed by atoms with E-state index in [4.69, 9.17) is 0 Å². The molecule has 2 aromatic carbocycles. The van der Waals surface area contributed by atoms with Gasteiger partial charge in [-0.25, -0.2) is 0 Å². The molecule has 0 spiro atoms. The number of ketones is 1. The van der Waals surface area contributed by atoms with Gasteiger partial charge in [-0.1, -0.05) is 64.5 Å². The van der Waals surface area contributed by atoms with Crippen molar-refractivity contribution in [2.24, 2.45) is 5.41 Å². The highest BCUT2D eigenvalue weighted by atomic mass is 79.9. The minimum Gasteiger partial charge on any atom is -0.304 e. The lowest BCUT2D eigenvalue weighted by Gasteiger charge is -2.35. The van der Waals surface area contributed by atoms with E-state index in [0.717, 1.165) is 23.0 Å². The van der Waals surface area contributed by atoms with Gasteiger partial charge >= 0.3 is 0 Å². The summed E-state index contributed by atoms with van der Waals surface area (Å²) in [5.41, 5.74) is 2.19. The molecule has 130 valence electrons. The van der Waals surface area contributed by atoms with Gasteiger partial charge in [0.2, 0.25) is 0 Å². The molecule has 4 rings (SSSR count). The van der Waals surface area contributed by atoms with E-state index in [-0.39, 0.29) is 5.41 Å². The van der Waals surface area contributed by atoms with Crippen molar-refractivity contribution >= 4 is 33.3 Å². The monoisotopic (exact) mass is 407 g/mol. The van der Waals surface area contributed by atoms with Crippen LogP contribution in [0.3, 0.4) is 0 Å². The van der Waals surface area contributed by atoms with E-state index < -0.39 is 11.7 Å². The Morgan fingerprint density at radius 3 is 2.65 bits per heavy atom. The lowest BCUT2D eigenvalue weighted by molar-refractivity contribution is -0.114. The third kappa shape index (κ3) is 3.06. The number of carbonyl (C=O) groups is 2. The number of hydrogen-bond donors (Lipinski definition) is 0. The van der Waals surface area contributed by atoms with Crippen LogP contribution in [0.15, 0.2) is 77.3 Å². The van der Waals surface area contributed by atoms with E-state index in [2.05, 4.69) is 40.2 Å². The molecule has 1 aliphatic carbocycles. The number of halogens is 1. The molecule has 0 saturated heterocycles. The van der Waals surface area contributed by atoms with Crippen molar-refractivity contribution in [2.75, 3.05) is 11.4 Å². The standard InChI is InChI=1S/C22H18BrNO2/c23-17-8-6-7-16(13-17)14-22(11-4-1-5-12-22)15-24-19-10-3-2-9-18(19)20(25)21(24)26/h1-11,13H,12,14-15H2. The van der Waals surface area contributed by atoms with Gasteiger partial charge in [0.25, 0.3) is 11.7 Å². The maximum Gasteiger partial charge on any atom is 0.299 e. The highest BCUT2D eigenvalue weighted by Crippen LogP contribution is 2.38. The Morgan fingerprint density at radius 1 is 1.04 bits per heavy atom. The number of Topliss-reactive ketones (excluding diaryl/α,β-unsaturated/α-hetero) is 1. The first-order chi connectivity index (χ1) is 12.6. The Labute approximate surface area is 161 Å². The maximum absolute atomic E-state index is 12.6. The van der Waals surface area contributed by atoms with Gasteiger partial charge in [0.15, 0.2) is 0 Å². The molecular formula is C22H18BrNO2. The van der Waals surface area contributed by atoms with Gasteiger partial charge in [-0.15, -0.1) is 0 Å². The average molecular weight is 408 g/mol. The average Bonchev–Trinajstić information content (AvgIpc) is 2.88. The third-order valence-electron chi connectivity index (χ3n) is 5.02. The number of carbonyl (C=O) groups excluding carboxylic acids is 2. The van der Waals surface area contributed by atoms with Crippen LogP contribution in [0, 0.1) is 5.41 Å². The van der Waals surface area contributed by atoms with Crippen LogP contribution in [-0.4, -0.2) is 18.2 Å². The van der Waals surface area contributed by atoms with Crippen molar-refractivity contribution < 1.29 is 9.59 Å². The lowest BCUT2D eigenvalue weighted by Crippen LogP contribution is -2.41. The predicted octanol–water partition coefficient (Wildman–Crippen LogP) is 4.72. The van der Waals surface area contributed by atoms with Gasteiger partial charge in [0.05, 0.1) is 11.3 Å². The van der Waals surface area contributed by atoms with Crippen LogP contribution in [0.5, 0.6) is 0 Å². The first kappa shape index (κ1) is 17.0. The van der Waals surface area contributed by atoms with Gasteiger partial charge in [0.1, 0.15) is 0 Å². The molecule has 1 atom stereocenters. The summed E-state index contributed by atoms with van der Waals surface area (Å²) in [6.45, 7) is 0.488. The van der Waals surface area contributed by atoms with Crippen LogP contribution >= 0.6 is 15.9 Å². The van der Waals surface area contributed by atoms with Crippen LogP contribution in [0.1, 0.15) is 22.3 Å². The Bertz CT molecular complexity index is 947. The molecule has 0 saturated carbocycles. The van der Waals surface area contributed by atoms with Crippen molar-refractivity contribution in [2.45, 2.75) is 12.8 Å². The first-order valence-electron chi connectivity index (χ1n) is 8.62. The third-order valence-corrected chi connectivity index (χ3v) is 5.51. The predicted molar refractivity (Wildman–Crippen MR) is 106 cm³/mol. The Kier molecular flexibility index (Phi) is 4.37. The van der Waals surface area contributed by atoms with Gasteiger partial charge in [-0.3, -0.25) is 9.59 Å². The molecule has 1 heterocycles. The molecule has 3 nitrogen and oxygen atoms in total.